The van der Waals surface area contributed by atoms with Crippen LogP contribution < -0.4 is 5.32 Å². The van der Waals surface area contributed by atoms with E-state index >= 15 is 0 Å². The van der Waals surface area contributed by atoms with Crippen LogP contribution in [0.1, 0.15) is 35.4 Å². The first kappa shape index (κ1) is 20.0. The number of piperidine rings is 1. The summed E-state index contributed by atoms with van der Waals surface area (Å²) >= 11 is 13.7. The Labute approximate surface area is 174 Å². The van der Waals surface area contributed by atoms with E-state index in [1.165, 1.54) is 24.2 Å². The molecule has 0 radical (unpaired) electrons. The summed E-state index contributed by atoms with van der Waals surface area (Å²) in [5.41, 5.74) is 0.948. The molecule has 0 spiro atoms. The van der Waals surface area contributed by atoms with Gasteiger partial charge in [-0.15, -0.1) is 23.7 Å². The highest BCUT2D eigenvalue weighted by Gasteiger charge is 2.36. The summed E-state index contributed by atoms with van der Waals surface area (Å²) in [4.78, 5) is 16.6. The normalized spacial score (nSPS) is 24.2. The van der Waals surface area contributed by atoms with Crippen LogP contribution in [0.25, 0.3) is 10.4 Å². The molecule has 2 atom stereocenters. The van der Waals surface area contributed by atoms with Crippen molar-refractivity contribution in [3.05, 3.63) is 45.3 Å². The average molecular weight is 432 g/mol. The third kappa shape index (κ3) is 4.05. The van der Waals surface area contributed by atoms with E-state index < -0.39 is 0 Å². The largest absolute Gasteiger partial charge is 0.338 e. The summed E-state index contributed by atoms with van der Waals surface area (Å²) in [7, 11) is 1.94. The topological polar surface area (TPSA) is 32.3 Å². The second-order valence-electron chi connectivity index (χ2n) is 7.00. The Hall–Kier alpha value is -0.780. The fourth-order valence-electron chi connectivity index (χ4n) is 3.99. The maximum absolute atomic E-state index is 12.9. The van der Waals surface area contributed by atoms with Gasteiger partial charge in [-0.05, 0) is 61.6 Å². The van der Waals surface area contributed by atoms with Gasteiger partial charge in [-0.2, -0.15) is 0 Å². The Kier molecular flexibility index (Phi) is 6.20. The van der Waals surface area contributed by atoms with Crippen molar-refractivity contribution in [2.75, 3.05) is 7.05 Å². The predicted molar refractivity (Wildman–Crippen MR) is 112 cm³/mol. The molecule has 2 bridgehead atoms. The van der Waals surface area contributed by atoms with Gasteiger partial charge in [0, 0.05) is 40.1 Å². The van der Waals surface area contributed by atoms with Crippen LogP contribution in [0.3, 0.4) is 0 Å². The molecule has 2 unspecified atom stereocenters. The molecular formula is C19H21Cl3N2OS. The number of halogens is 3. The fourth-order valence-corrected chi connectivity index (χ4v) is 5.49. The van der Waals surface area contributed by atoms with Crippen LogP contribution in [0.5, 0.6) is 0 Å². The summed E-state index contributed by atoms with van der Waals surface area (Å²) in [5.74, 6) is 0.107. The number of nitrogens with zero attached hydrogens (tertiary/aromatic N) is 1. The van der Waals surface area contributed by atoms with Crippen LogP contribution in [-0.2, 0) is 0 Å². The van der Waals surface area contributed by atoms with Gasteiger partial charge < -0.3 is 10.2 Å². The van der Waals surface area contributed by atoms with E-state index in [1.54, 1.807) is 6.07 Å². The molecule has 2 aliphatic rings. The van der Waals surface area contributed by atoms with Crippen molar-refractivity contribution in [2.45, 2.75) is 43.8 Å². The molecule has 1 aromatic heterocycles. The van der Waals surface area contributed by atoms with Gasteiger partial charge in [0.05, 0.1) is 4.88 Å². The zero-order chi connectivity index (χ0) is 17.6. The van der Waals surface area contributed by atoms with Gasteiger partial charge in [-0.3, -0.25) is 4.79 Å². The van der Waals surface area contributed by atoms with E-state index in [0.29, 0.717) is 28.2 Å². The molecule has 1 N–H and O–H groups in total. The van der Waals surface area contributed by atoms with Crippen LogP contribution in [0.15, 0.2) is 30.3 Å². The minimum Gasteiger partial charge on any atom is -0.338 e. The van der Waals surface area contributed by atoms with E-state index in [9.17, 15) is 4.79 Å². The summed E-state index contributed by atoms with van der Waals surface area (Å²) < 4.78 is 0. The molecule has 0 saturated carbocycles. The van der Waals surface area contributed by atoms with Crippen molar-refractivity contribution < 1.29 is 4.79 Å². The van der Waals surface area contributed by atoms with Crippen LogP contribution in [-0.4, -0.2) is 36.0 Å². The number of carbonyl (C=O) groups excluding carboxylic acids is 1. The molecule has 2 aromatic rings. The highest BCUT2D eigenvalue weighted by atomic mass is 35.5. The number of amides is 1. The monoisotopic (exact) mass is 430 g/mol. The van der Waals surface area contributed by atoms with Crippen molar-refractivity contribution in [2.24, 2.45) is 0 Å². The molecule has 1 aromatic carbocycles. The van der Waals surface area contributed by atoms with Gasteiger partial charge >= 0.3 is 0 Å². The van der Waals surface area contributed by atoms with E-state index in [2.05, 4.69) is 5.32 Å². The molecule has 2 saturated heterocycles. The van der Waals surface area contributed by atoms with Gasteiger partial charge in [0.15, 0.2) is 0 Å². The van der Waals surface area contributed by atoms with Crippen molar-refractivity contribution in [1.82, 2.24) is 10.2 Å². The molecule has 1 amide bonds. The Bertz CT molecular complexity index is 778. The van der Waals surface area contributed by atoms with E-state index in [0.717, 1.165) is 28.2 Å². The van der Waals surface area contributed by atoms with Crippen LogP contribution in [0, 0.1) is 0 Å². The minimum absolute atomic E-state index is 0. The summed E-state index contributed by atoms with van der Waals surface area (Å²) in [6.07, 6.45) is 4.59. The molecule has 4 rings (SSSR count). The lowest BCUT2D eigenvalue weighted by Crippen LogP contribution is -2.48. The van der Waals surface area contributed by atoms with Gasteiger partial charge in [0.1, 0.15) is 0 Å². The Morgan fingerprint density at radius 2 is 1.73 bits per heavy atom. The van der Waals surface area contributed by atoms with E-state index in [4.69, 9.17) is 23.2 Å². The number of thiophene rings is 1. The summed E-state index contributed by atoms with van der Waals surface area (Å²) in [6.45, 7) is 0. The Morgan fingerprint density at radius 1 is 1.12 bits per heavy atom. The first-order valence-electron chi connectivity index (χ1n) is 8.59. The van der Waals surface area contributed by atoms with Gasteiger partial charge in [-0.1, -0.05) is 23.2 Å². The minimum atomic E-state index is 0. The van der Waals surface area contributed by atoms with Crippen molar-refractivity contribution in [3.63, 3.8) is 0 Å². The second kappa shape index (κ2) is 8.07. The predicted octanol–water partition coefficient (Wildman–Crippen LogP) is 5.50. The number of hydrogen-bond donors (Lipinski definition) is 1. The van der Waals surface area contributed by atoms with Crippen molar-refractivity contribution >= 4 is 52.9 Å². The lowest BCUT2D eigenvalue weighted by atomic mass is 9.98. The van der Waals surface area contributed by atoms with Gasteiger partial charge in [0.2, 0.25) is 0 Å². The number of carbonyl (C=O) groups is 1. The molecule has 3 nitrogen and oxygen atoms in total. The lowest BCUT2D eigenvalue weighted by Gasteiger charge is -2.35. The zero-order valence-electron chi connectivity index (χ0n) is 14.4. The van der Waals surface area contributed by atoms with Crippen LogP contribution in [0.4, 0.5) is 0 Å². The first-order valence-corrected chi connectivity index (χ1v) is 10.2. The summed E-state index contributed by atoms with van der Waals surface area (Å²) in [5, 5.41) is 4.84. The van der Waals surface area contributed by atoms with Crippen molar-refractivity contribution in [3.8, 4) is 10.4 Å². The fraction of sp³-hybridized carbons (Fsp3) is 0.421. The maximum atomic E-state index is 12.9. The van der Waals surface area contributed by atoms with Crippen LogP contribution >= 0.6 is 46.9 Å². The smallest absolute Gasteiger partial charge is 0.263 e. The zero-order valence-corrected chi connectivity index (χ0v) is 17.5. The SMILES string of the molecule is CN(C(=O)c1ccc(-c2cc(Cl)cc(Cl)c2)s1)C1CC2CCC(C1)N2.Cl. The third-order valence-electron chi connectivity index (χ3n) is 5.28. The first-order chi connectivity index (χ1) is 12.0. The number of hydrogen-bond acceptors (Lipinski definition) is 3. The van der Waals surface area contributed by atoms with Gasteiger partial charge in [-0.25, -0.2) is 0 Å². The average Bonchev–Trinajstić information content (AvgIpc) is 3.19. The second-order valence-corrected chi connectivity index (χ2v) is 8.96. The molecule has 7 heteroatoms. The third-order valence-corrected chi connectivity index (χ3v) is 6.84. The number of benzene rings is 1. The number of fused-ring (bicyclic) bond motifs is 2. The van der Waals surface area contributed by atoms with Crippen LogP contribution in [0.2, 0.25) is 10.0 Å². The molecule has 0 aliphatic carbocycles. The molecule has 140 valence electrons. The lowest BCUT2D eigenvalue weighted by molar-refractivity contribution is 0.0686. The van der Waals surface area contributed by atoms with E-state index in [-0.39, 0.29) is 18.3 Å². The molecule has 2 aliphatic heterocycles. The molecule has 26 heavy (non-hydrogen) atoms. The quantitative estimate of drug-likeness (QED) is 0.696. The van der Waals surface area contributed by atoms with E-state index in [1.807, 2.05) is 36.2 Å². The molecular weight excluding hydrogens is 411 g/mol. The van der Waals surface area contributed by atoms with Crippen molar-refractivity contribution in [1.29, 1.82) is 0 Å². The standard InChI is InChI=1S/C19H20Cl2N2OS.ClH/c1-23(16-9-14-2-3-15(10-16)22-14)19(24)18-5-4-17(25-18)11-6-12(20)8-13(21)7-11;/h4-8,14-16,22H,2-3,9-10H2,1H3;1H. The Morgan fingerprint density at radius 3 is 2.35 bits per heavy atom. The van der Waals surface area contributed by atoms with Gasteiger partial charge in [0.25, 0.3) is 5.91 Å². The number of nitrogens with one attached hydrogen (secondary N) is 1. The summed E-state index contributed by atoms with van der Waals surface area (Å²) in [6, 6.07) is 10.8. The molecule has 2 fully saturated rings. The highest BCUT2D eigenvalue weighted by Crippen LogP contribution is 2.34. The molecule has 3 heterocycles. The Balaban J connectivity index is 0.00000196. The maximum Gasteiger partial charge on any atom is 0.263 e. The number of rotatable bonds is 3. The highest BCUT2D eigenvalue weighted by molar-refractivity contribution is 7.17.